The number of ether oxygens (including phenoxy) is 2. The molecule has 0 aromatic rings. The van der Waals surface area contributed by atoms with E-state index in [0.29, 0.717) is 6.79 Å². The number of hydrogen-bond donors (Lipinski definition) is 0. The molecule has 78 valence electrons. The van der Waals surface area contributed by atoms with E-state index in [1.165, 1.54) is 0 Å². The van der Waals surface area contributed by atoms with Gasteiger partial charge in [0.25, 0.3) is 0 Å². The van der Waals surface area contributed by atoms with Crippen molar-refractivity contribution in [2.24, 2.45) is 10.8 Å². The van der Waals surface area contributed by atoms with Crippen molar-refractivity contribution in [3.63, 3.8) is 0 Å². The molecule has 0 aliphatic carbocycles. The largest absolute Gasteiger partial charge is 0.349 e. The molecular weight excluding hydrogens is 164 g/mol. The van der Waals surface area contributed by atoms with Crippen molar-refractivity contribution in [2.75, 3.05) is 6.79 Å². The van der Waals surface area contributed by atoms with Crippen LogP contribution in [0.25, 0.3) is 0 Å². The maximum atomic E-state index is 5.63. The Morgan fingerprint density at radius 2 is 1.08 bits per heavy atom. The Balaban J connectivity index is 2.76. The van der Waals surface area contributed by atoms with E-state index in [1.54, 1.807) is 0 Å². The van der Waals surface area contributed by atoms with Crippen molar-refractivity contribution in [3.05, 3.63) is 0 Å². The van der Waals surface area contributed by atoms with Crippen molar-refractivity contribution in [2.45, 2.75) is 53.8 Å². The van der Waals surface area contributed by atoms with Gasteiger partial charge in [0.15, 0.2) is 0 Å². The molecule has 0 saturated carbocycles. The van der Waals surface area contributed by atoms with Crippen LogP contribution in [0.5, 0.6) is 0 Å². The summed E-state index contributed by atoms with van der Waals surface area (Å²) in [6, 6.07) is 0. The molecule has 0 aromatic carbocycles. The van der Waals surface area contributed by atoms with Crippen LogP contribution in [0.3, 0.4) is 0 Å². The molecule has 0 amide bonds. The van der Waals surface area contributed by atoms with Gasteiger partial charge in [-0.25, -0.2) is 0 Å². The monoisotopic (exact) mass is 186 g/mol. The predicted octanol–water partition coefficient (Wildman–Crippen LogP) is 2.82. The van der Waals surface area contributed by atoms with E-state index in [4.69, 9.17) is 9.47 Å². The van der Waals surface area contributed by atoms with E-state index >= 15 is 0 Å². The van der Waals surface area contributed by atoms with Crippen LogP contribution < -0.4 is 0 Å². The zero-order valence-corrected chi connectivity index (χ0v) is 9.68. The van der Waals surface area contributed by atoms with Gasteiger partial charge in [-0.05, 0) is 10.8 Å². The Labute approximate surface area is 81.6 Å². The molecule has 2 atom stereocenters. The van der Waals surface area contributed by atoms with Gasteiger partial charge in [0, 0.05) is 0 Å². The molecule has 0 N–H and O–H groups in total. The molecule has 0 aromatic heterocycles. The summed E-state index contributed by atoms with van der Waals surface area (Å²) in [5.74, 6) is 0. The minimum Gasteiger partial charge on any atom is -0.349 e. The molecule has 2 heteroatoms. The average Bonchev–Trinajstić information content (AvgIpc) is 2.27. The second-order valence-electron chi connectivity index (χ2n) is 6.02. The van der Waals surface area contributed by atoms with Gasteiger partial charge in [0.2, 0.25) is 0 Å². The standard InChI is InChI=1S/C11H22O2/c1-10(2,3)8-9(11(4,5)6)13-7-12-8/h8-9H,7H2,1-6H3. The highest BCUT2D eigenvalue weighted by Crippen LogP contribution is 2.38. The van der Waals surface area contributed by atoms with Crippen molar-refractivity contribution >= 4 is 0 Å². The van der Waals surface area contributed by atoms with E-state index in [9.17, 15) is 0 Å². The first-order valence-corrected chi connectivity index (χ1v) is 4.96. The smallest absolute Gasteiger partial charge is 0.147 e. The second-order valence-corrected chi connectivity index (χ2v) is 6.02. The highest BCUT2D eigenvalue weighted by atomic mass is 16.7. The molecule has 0 radical (unpaired) electrons. The second kappa shape index (κ2) is 3.25. The van der Waals surface area contributed by atoms with E-state index < -0.39 is 0 Å². The SMILES string of the molecule is CC(C)(C)C1OCOC1C(C)(C)C. The van der Waals surface area contributed by atoms with E-state index in [1.807, 2.05) is 0 Å². The number of rotatable bonds is 0. The fourth-order valence-electron chi connectivity index (χ4n) is 1.77. The maximum Gasteiger partial charge on any atom is 0.147 e. The zero-order chi connectivity index (χ0) is 10.3. The first kappa shape index (κ1) is 11.0. The summed E-state index contributed by atoms with van der Waals surface area (Å²) in [4.78, 5) is 0. The molecule has 1 fully saturated rings. The van der Waals surface area contributed by atoms with E-state index in [0.717, 1.165) is 0 Å². The van der Waals surface area contributed by atoms with Crippen LogP contribution in [0.15, 0.2) is 0 Å². The Morgan fingerprint density at radius 3 is 1.31 bits per heavy atom. The molecule has 1 saturated heterocycles. The summed E-state index contributed by atoms with van der Waals surface area (Å²) in [6.07, 6.45) is 0.431. The van der Waals surface area contributed by atoms with Crippen molar-refractivity contribution in [1.29, 1.82) is 0 Å². The summed E-state index contributed by atoms with van der Waals surface area (Å²) in [7, 11) is 0. The van der Waals surface area contributed by atoms with Gasteiger partial charge >= 0.3 is 0 Å². The molecule has 1 heterocycles. The third kappa shape index (κ3) is 2.44. The third-order valence-corrected chi connectivity index (χ3v) is 2.48. The lowest BCUT2D eigenvalue weighted by atomic mass is 9.76. The van der Waals surface area contributed by atoms with Crippen LogP contribution in [-0.4, -0.2) is 19.0 Å². The first-order valence-electron chi connectivity index (χ1n) is 4.96. The summed E-state index contributed by atoms with van der Waals surface area (Å²) < 4.78 is 11.3. The van der Waals surface area contributed by atoms with Crippen LogP contribution in [0.4, 0.5) is 0 Å². The normalized spacial score (nSPS) is 30.9. The van der Waals surface area contributed by atoms with Gasteiger partial charge in [0.05, 0.1) is 12.2 Å². The minimum absolute atomic E-state index is 0.161. The third-order valence-electron chi connectivity index (χ3n) is 2.48. The summed E-state index contributed by atoms with van der Waals surface area (Å²) >= 11 is 0. The molecule has 1 aliphatic rings. The molecule has 2 unspecified atom stereocenters. The Morgan fingerprint density at radius 1 is 0.769 bits per heavy atom. The van der Waals surface area contributed by atoms with Crippen LogP contribution in [-0.2, 0) is 9.47 Å². The maximum absolute atomic E-state index is 5.63. The van der Waals surface area contributed by atoms with Gasteiger partial charge in [-0.2, -0.15) is 0 Å². The van der Waals surface area contributed by atoms with Crippen molar-refractivity contribution in [1.82, 2.24) is 0 Å². The Hall–Kier alpha value is -0.0800. The van der Waals surface area contributed by atoms with Crippen molar-refractivity contribution < 1.29 is 9.47 Å². The van der Waals surface area contributed by atoms with Gasteiger partial charge in [-0.15, -0.1) is 0 Å². The lowest BCUT2D eigenvalue weighted by Crippen LogP contribution is -2.42. The molecular formula is C11H22O2. The lowest BCUT2D eigenvalue weighted by Gasteiger charge is -2.36. The number of hydrogen-bond acceptors (Lipinski definition) is 2. The molecule has 0 bridgehead atoms. The van der Waals surface area contributed by atoms with Gasteiger partial charge < -0.3 is 9.47 Å². The highest BCUT2D eigenvalue weighted by Gasteiger charge is 2.44. The summed E-state index contributed by atoms with van der Waals surface area (Å²) in [6.45, 7) is 13.6. The first-order chi connectivity index (χ1) is 5.73. The zero-order valence-electron chi connectivity index (χ0n) is 9.68. The van der Waals surface area contributed by atoms with E-state index in [-0.39, 0.29) is 23.0 Å². The molecule has 13 heavy (non-hydrogen) atoms. The van der Waals surface area contributed by atoms with Crippen molar-refractivity contribution in [3.8, 4) is 0 Å². The average molecular weight is 186 g/mol. The molecule has 1 aliphatic heterocycles. The van der Waals surface area contributed by atoms with Crippen LogP contribution in [0, 0.1) is 10.8 Å². The fourth-order valence-corrected chi connectivity index (χ4v) is 1.77. The minimum atomic E-state index is 0.161. The van der Waals surface area contributed by atoms with Gasteiger partial charge in [-0.1, -0.05) is 41.5 Å². The summed E-state index contributed by atoms with van der Waals surface area (Å²) in [5, 5.41) is 0. The van der Waals surface area contributed by atoms with Gasteiger partial charge in [-0.3, -0.25) is 0 Å². The Bertz CT molecular complexity index is 154. The van der Waals surface area contributed by atoms with Crippen LogP contribution in [0.1, 0.15) is 41.5 Å². The quantitative estimate of drug-likeness (QED) is 0.579. The van der Waals surface area contributed by atoms with Crippen LogP contribution >= 0.6 is 0 Å². The highest BCUT2D eigenvalue weighted by molar-refractivity contribution is 4.91. The predicted molar refractivity (Wildman–Crippen MR) is 53.5 cm³/mol. The molecule has 0 spiro atoms. The summed E-state index contributed by atoms with van der Waals surface area (Å²) in [5.41, 5.74) is 0.322. The van der Waals surface area contributed by atoms with Crippen LogP contribution in [0.2, 0.25) is 0 Å². The lowest BCUT2D eigenvalue weighted by molar-refractivity contribution is 0.000876. The molecule has 1 rings (SSSR count). The fraction of sp³-hybridized carbons (Fsp3) is 1.00. The Kier molecular flexibility index (Phi) is 2.75. The van der Waals surface area contributed by atoms with Gasteiger partial charge in [0.1, 0.15) is 6.79 Å². The topological polar surface area (TPSA) is 18.5 Å². The molecule has 2 nitrogen and oxygen atoms in total. The van der Waals surface area contributed by atoms with E-state index in [2.05, 4.69) is 41.5 Å².